The third-order valence-electron chi connectivity index (χ3n) is 3.11. The van der Waals surface area contributed by atoms with E-state index >= 15 is 0 Å². The highest BCUT2D eigenvalue weighted by Gasteiger charge is 2.23. The second-order valence-corrected chi connectivity index (χ2v) is 5.40. The first-order chi connectivity index (χ1) is 7.75. The Bertz CT molecular complexity index is 302. The van der Waals surface area contributed by atoms with E-state index in [4.69, 9.17) is 10.5 Å². The first-order valence-electron chi connectivity index (χ1n) is 5.78. The molecule has 0 amide bonds. The van der Waals surface area contributed by atoms with Crippen LogP contribution in [0, 0.1) is 5.92 Å². The number of nitrogens with zero attached hydrogens (tertiary/aromatic N) is 1. The summed E-state index contributed by atoms with van der Waals surface area (Å²) < 4.78 is 5.48. The van der Waals surface area contributed by atoms with Crippen LogP contribution >= 0.6 is 11.3 Å². The van der Waals surface area contributed by atoms with Gasteiger partial charge in [0.1, 0.15) is 0 Å². The van der Waals surface area contributed by atoms with Gasteiger partial charge in [-0.15, -0.1) is 0 Å². The second-order valence-electron chi connectivity index (χ2n) is 4.62. The summed E-state index contributed by atoms with van der Waals surface area (Å²) in [5.74, 6) is 0.484. The minimum absolute atomic E-state index is 0.304. The van der Waals surface area contributed by atoms with Crippen LogP contribution < -0.4 is 5.73 Å². The van der Waals surface area contributed by atoms with Gasteiger partial charge in [-0.2, -0.15) is 11.3 Å². The molecule has 2 N–H and O–H groups in total. The maximum absolute atomic E-state index is 6.10. The molecule has 0 bridgehead atoms. The molecule has 0 spiro atoms. The molecule has 1 aromatic rings. The lowest BCUT2D eigenvalue weighted by Gasteiger charge is -2.31. The van der Waals surface area contributed by atoms with E-state index in [0.29, 0.717) is 12.0 Å². The van der Waals surface area contributed by atoms with Crippen molar-refractivity contribution in [1.29, 1.82) is 0 Å². The van der Waals surface area contributed by atoms with Gasteiger partial charge in [0.05, 0.1) is 6.61 Å². The molecule has 2 unspecified atom stereocenters. The Morgan fingerprint density at radius 3 is 3.19 bits per heavy atom. The van der Waals surface area contributed by atoms with Crippen molar-refractivity contribution in [2.75, 3.05) is 26.8 Å². The standard InChI is InChI=1S/C12H20N2OS/c1-14(6-10-3-5-16-9-10)7-11-8-15-4-2-12(11)13/h3,5,9,11-12H,2,4,6-8,13H2,1H3. The molecule has 90 valence electrons. The molecule has 2 rings (SSSR count). The first kappa shape index (κ1) is 12.0. The Labute approximate surface area is 101 Å². The summed E-state index contributed by atoms with van der Waals surface area (Å²) in [5, 5.41) is 4.33. The highest BCUT2D eigenvalue weighted by Crippen LogP contribution is 2.15. The molecular weight excluding hydrogens is 220 g/mol. The van der Waals surface area contributed by atoms with Crippen LogP contribution in [-0.2, 0) is 11.3 Å². The van der Waals surface area contributed by atoms with Crippen molar-refractivity contribution >= 4 is 11.3 Å². The molecule has 1 aliphatic heterocycles. The van der Waals surface area contributed by atoms with Crippen molar-refractivity contribution in [3.63, 3.8) is 0 Å². The second kappa shape index (κ2) is 5.77. The summed E-state index contributed by atoms with van der Waals surface area (Å²) in [5.41, 5.74) is 7.48. The van der Waals surface area contributed by atoms with Crippen molar-refractivity contribution in [1.82, 2.24) is 4.90 Å². The van der Waals surface area contributed by atoms with Gasteiger partial charge in [0, 0.05) is 31.7 Å². The van der Waals surface area contributed by atoms with Crippen molar-refractivity contribution in [2.45, 2.75) is 19.0 Å². The lowest BCUT2D eigenvalue weighted by atomic mass is 9.96. The average Bonchev–Trinajstić information content (AvgIpc) is 2.74. The lowest BCUT2D eigenvalue weighted by molar-refractivity contribution is 0.0286. The van der Waals surface area contributed by atoms with E-state index in [2.05, 4.69) is 28.8 Å². The fourth-order valence-corrected chi connectivity index (χ4v) is 2.82. The van der Waals surface area contributed by atoms with Gasteiger partial charge in [0.2, 0.25) is 0 Å². The van der Waals surface area contributed by atoms with Gasteiger partial charge < -0.3 is 15.4 Å². The lowest BCUT2D eigenvalue weighted by Crippen LogP contribution is -2.44. The zero-order chi connectivity index (χ0) is 11.4. The van der Waals surface area contributed by atoms with Gasteiger partial charge in [0.25, 0.3) is 0 Å². The third-order valence-corrected chi connectivity index (χ3v) is 3.84. The highest BCUT2D eigenvalue weighted by molar-refractivity contribution is 7.07. The van der Waals surface area contributed by atoms with E-state index in [-0.39, 0.29) is 0 Å². The third kappa shape index (κ3) is 3.28. The fraction of sp³-hybridized carbons (Fsp3) is 0.667. The number of nitrogens with two attached hydrogens (primary N) is 1. The molecule has 16 heavy (non-hydrogen) atoms. The largest absolute Gasteiger partial charge is 0.381 e. The van der Waals surface area contributed by atoms with E-state index in [1.807, 2.05) is 0 Å². The van der Waals surface area contributed by atoms with Crippen LogP contribution in [0.4, 0.5) is 0 Å². The molecule has 0 aromatic carbocycles. The normalized spacial score (nSPS) is 26.2. The molecule has 1 aromatic heterocycles. The Hall–Kier alpha value is -0.420. The molecular formula is C12H20N2OS. The summed E-state index contributed by atoms with van der Waals surface area (Å²) in [6.45, 7) is 3.67. The first-order valence-corrected chi connectivity index (χ1v) is 6.73. The monoisotopic (exact) mass is 240 g/mol. The summed E-state index contributed by atoms with van der Waals surface area (Å²) in [7, 11) is 2.15. The molecule has 3 nitrogen and oxygen atoms in total. The summed E-state index contributed by atoms with van der Waals surface area (Å²) >= 11 is 1.75. The van der Waals surface area contributed by atoms with Crippen LogP contribution in [0.25, 0.3) is 0 Å². The summed E-state index contributed by atoms with van der Waals surface area (Å²) in [4.78, 5) is 2.33. The molecule has 2 heterocycles. The van der Waals surface area contributed by atoms with Crippen LogP contribution in [0.15, 0.2) is 16.8 Å². The number of ether oxygens (including phenoxy) is 1. The number of hydrogen-bond acceptors (Lipinski definition) is 4. The zero-order valence-corrected chi connectivity index (χ0v) is 10.6. The molecule has 0 saturated carbocycles. The number of hydrogen-bond donors (Lipinski definition) is 1. The minimum Gasteiger partial charge on any atom is -0.381 e. The SMILES string of the molecule is CN(Cc1ccsc1)CC1COCCC1N. The minimum atomic E-state index is 0.304. The fourth-order valence-electron chi connectivity index (χ4n) is 2.16. The van der Waals surface area contributed by atoms with Gasteiger partial charge in [-0.1, -0.05) is 0 Å². The summed E-state index contributed by atoms with van der Waals surface area (Å²) in [6, 6.07) is 2.48. The van der Waals surface area contributed by atoms with Gasteiger partial charge in [-0.3, -0.25) is 0 Å². The van der Waals surface area contributed by atoms with Crippen LogP contribution in [0.5, 0.6) is 0 Å². The van der Waals surface area contributed by atoms with Gasteiger partial charge in [0.15, 0.2) is 0 Å². The number of rotatable bonds is 4. The topological polar surface area (TPSA) is 38.5 Å². The van der Waals surface area contributed by atoms with Crippen LogP contribution in [-0.4, -0.2) is 37.7 Å². The smallest absolute Gasteiger partial charge is 0.0521 e. The van der Waals surface area contributed by atoms with Gasteiger partial charge in [-0.05, 0) is 35.9 Å². The van der Waals surface area contributed by atoms with Crippen molar-refractivity contribution in [3.05, 3.63) is 22.4 Å². The van der Waals surface area contributed by atoms with E-state index in [1.54, 1.807) is 11.3 Å². The Morgan fingerprint density at radius 1 is 1.62 bits per heavy atom. The Morgan fingerprint density at radius 2 is 2.50 bits per heavy atom. The molecule has 1 saturated heterocycles. The van der Waals surface area contributed by atoms with Crippen LogP contribution in [0.3, 0.4) is 0 Å². The summed E-state index contributed by atoms with van der Waals surface area (Å²) in [6.07, 6.45) is 0.997. The molecule has 1 aliphatic rings. The van der Waals surface area contributed by atoms with E-state index in [0.717, 1.165) is 32.7 Å². The van der Waals surface area contributed by atoms with Crippen LogP contribution in [0.1, 0.15) is 12.0 Å². The van der Waals surface area contributed by atoms with Crippen molar-refractivity contribution < 1.29 is 4.74 Å². The molecule has 0 aliphatic carbocycles. The van der Waals surface area contributed by atoms with Gasteiger partial charge >= 0.3 is 0 Å². The van der Waals surface area contributed by atoms with E-state index < -0.39 is 0 Å². The predicted octanol–water partition coefficient (Wildman–Crippen LogP) is 1.54. The Kier molecular flexibility index (Phi) is 4.35. The zero-order valence-electron chi connectivity index (χ0n) is 9.76. The quantitative estimate of drug-likeness (QED) is 0.867. The molecule has 1 fully saturated rings. The van der Waals surface area contributed by atoms with E-state index in [1.165, 1.54) is 5.56 Å². The van der Waals surface area contributed by atoms with Gasteiger partial charge in [-0.25, -0.2) is 0 Å². The number of thiophene rings is 1. The molecule has 0 radical (unpaired) electrons. The average molecular weight is 240 g/mol. The van der Waals surface area contributed by atoms with Crippen LogP contribution in [0.2, 0.25) is 0 Å². The van der Waals surface area contributed by atoms with Crippen molar-refractivity contribution in [3.8, 4) is 0 Å². The maximum Gasteiger partial charge on any atom is 0.0521 e. The molecule has 4 heteroatoms. The molecule has 2 atom stereocenters. The highest BCUT2D eigenvalue weighted by atomic mass is 32.1. The van der Waals surface area contributed by atoms with Crippen molar-refractivity contribution in [2.24, 2.45) is 11.7 Å². The maximum atomic E-state index is 6.10. The Balaban J connectivity index is 1.79. The predicted molar refractivity (Wildman–Crippen MR) is 67.6 cm³/mol. The van der Waals surface area contributed by atoms with E-state index in [9.17, 15) is 0 Å².